The summed E-state index contributed by atoms with van der Waals surface area (Å²) >= 11 is 7.66. The fourth-order valence-corrected chi connectivity index (χ4v) is 8.41. The molecule has 51 heavy (non-hydrogen) atoms. The van der Waals surface area contributed by atoms with E-state index in [2.05, 4.69) is 14.9 Å². The first-order valence-electron chi connectivity index (χ1n) is 16.3. The van der Waals surface area contributed by atoms with Crippen LogP contribution < -0.4 is 20.1 Å². The van der Waals surface area contributed by atoms with E-state index in [1.54, 1.807) is 11.9 Å². The number of rotatable bonds is 10. The summed E-state index contributed by atoms with van der Waals surface area (Å²) in [6.45, 7) is 1.43. The van der Waals surface area contributed by atoms with Gasteiger partial charge in [-0.3, -0.25) is 9.69 Å². The predicted octanol–water partition coefficient (Wildman–Crippen LogP) is 7.81. The quantitative estimate of drug-likeness (QED) is 0.0870. The van der Waals surface area contributed by atoms with Gasteiger partial charge in [-0.1, -0.05) is 17.7 Å². The number of fused-ring (bicyclic) bond motifs is 3. The highest BCUT2D eigenvalue weighted by molar-refractivity contribution is 7.23. The number of nitriles is 1. The summed E-state index contributed by atoms with van der Waals surface area (Å²) < 4.78 is 71.1. The van der Waals surface area contributed by atoms with Crippen LogP contribution in [-0.2, 0) is 4.79 Å². The summed E-state index contributed by atoms with van der Waals surface area (Å²) in [6.07, 6.45) is 1.28. The lowest BCUT2D eigenvalue weighted by Gasteiger charge is -2.31. The Labute approximate surface area is 299 Å². The number of hydrogen-bond donors (Lipinski definition) is 1. The van der Waals surface area contributed by atoms with Crippen LogP contribution in [0, 0.1) is 28.8 Å². The highest BCUT2D eigenvalue weighted by Crippen LogP contribution is 2.46. The van der Waals surface area contributed by atoms with E-state index in [-0.39, 0.29) is 84.9 Å². The summed E-state index contributed by atoms with van der Waals surface area (Å²) in [5.74, 6) is -1.97. The van der Waals surface area contributed by atoms with Crippen molar-refractivity contribution in [2.24, 2.45) is 0 Å². The number of alkyl halides is 1. The van der Waals surface area contributed by atoms with E-state index in [0.29, 0.717) is 19.4 Å². The van der Waals surface area contributed by atoms with Gasteiger partial charge in [0.25, 0.3) is 0 Å². The number of carbonyl (C=O) groups excluding carboxylic acids is 1. The molecule has 3 aromatic carbocycles. The monoisotopic (exact) mass is 738 g/mol. The Bertz CT molecular complexity index is 2210. The molecule has 2 aliphatic heterocycles. The molecule has 2 aliphatic rings. The molecule has 0 saturated carbocycles. The molecule has 0 bridgehead atoms. The maximum atomic E-state index is 16.9. The minimum Gasteiger partial charge on any atom is -0.461 e. The lowest BCUT2D eigenvalue weighted by atomic mass is 9.95. The van der Waals surface area contributed by atoms with E-state index in [1.165, 1.54) is 36.4 Å². The smallest absolute Gasteiger partial charge is 0.319 e. The van der Waals surface area contributed by atoms with Crippen LogP contribution in [0.4, 0.5) is 28.4 Å². The van der Waals surface area contributed by atoms with Gasteiger partial charge in [0.1, 0.15) is 52.6 Å². The second kappa shape index (κ2) is 13.8. The maximum absolute atomic E-state index is 16.9. The van der Waals surface area contributed by atoms with Crippen molar-refractivity contribution in [1.29, 1.82) is 5.26 Å². The fraction of sp³-hybridized carbons (Fsp3) is 0.333. The van der Waals surface area contributed by atoms with Crippen molar-refractivity contribution < 1.29 is 31.8 Å². The van der Waals surface area contributed by atoms with Crippen LogP contribution in [0.1, 0.15) is 37.7 Å². The molecule has 5 aromatic rings. The van der Waals surface area contributed by atoms with Crippen molar-refractivity contribution >= 4 is 60.7 Å². The molecular formula is C36H31ClF4N6O3S. The van der Waals surface area contributed by atoms with E-state index in [1.807, 2.05) is 6.07 Å². The lowest BCUT2D eigenvalue weighted by molar-refractivity contribution is -0.134. The van der Waals surface area contributed by atoms with Gasteiger partial charge in [-0.05, 0) is 67.8 Å². The zero-order chi connectivity index (χ0) is 36.0. The first-order valence-corrected chi connectivity index (χ1v) is 17.5. The molecule has 0 unspecified atom stereocenters. The average molecular weight is 739 g/mol. The van der Waals surface area contributed by atoms with Crippen molar-refractivity contribution in [3.05, 3.63) is 70.5 Å². The van der Waals surface area contributed by atoms with E-state index in [0.717, 1.165) is 36.8 Å². The normalized spacial score (nSPS) is 18.6. The van der Waals surface area contributed by atoms with E-state index < -0.39 is 35.1 Å². The summed E-state index contributed by atoms with van der Waals surface area (Å²) in [5, 5.41) is 10.3. The Morgan fingerprint density at radius 1 is 1.22 bits per heavy atom. The Kier molecular flexibility index (Phi) is 9.38. The van der Waals surface area contributed by atoms with Gasteiger partial charge in [0.05, 0.1) is 20.8 Å². The van der Waals surface area contributed by atoms with Crippen molar-refractivity contribution in [1.82, 2.24) is 14.9 Å². The summed E-state index contributed by atoms with van der Waals surface area (Å²) in [4.78, 5) is 25.4. The molecule has 0 radical (unpaired) electrons. The molecule has 264 valence electrons. The molecule has 2 saturated heterocycles. The van der Waals surface area contributed by atoms with Gasteiger partial charge < -0.3 is 20.1 Å². The highest BCUT2D eigenvalue weighted by Gasteiger charge is 2.49. The zero-order valence-corrected chi connectivity index (χ0v) is 28.9. The number of carbonyl (C=O) groups is 1. The van der Waals surface area contributed by atoms with E-state index in [9.17, 15) is 23.2 Å². The van der Waals surface area contributed by atoms with Crippen LogP contribution in [0.2, 0.25) is 5.02 Å². The van der Waals surface area contributed by atoms with Crippen LogP contribution in [0.15, 0.2) is 42.5 Å². The number of esters is 1. The van der Waals surface area contributed by atoms with Gasteiger partial charge in [0, 0.05) is 49.3 Å². The minimum absolute atomic E-state index is 0.00764. The summed E-state index contributed by atoms with van der Waals surface area (Å²) in [6, 6.07) is 10.9. The maximum Gasteiger partial charge on any atom is 0.319 e. The van der Waals surface area contributed by atoms with Crippen LogP contribution >= 0.6 is 22.9 Å². The van der Waals surface area contributed by atoms with Gasteiger partial charge in [-0.2, -0.15) is 15.2 Å². The number of aromatic nitrogens is 2. The molecule has 7 rings (SSSR count). The number of hydrogen-bond acceptors (Lipinski definition) is 10. The number of halogens is 5. The van der Waals surface area contributed by atoms with Crippen LogP contribution in [0.5, 0.6) is 11.8 Å². The Morgan fingerprint density at radius 2 is 2.00 bits per heavy atom. The number of nitrogens with two attached hydrogens (primary N) is 1. The molecule has 2 aromatic heterocycles. The van der Waals surface area contributed by atoms with E-state index >= 15 is 4.39 Å². The lowest BCUT2D eigenvalue weighted by Crippen LogP contribution is -2.43. The molecule has 2 N–H and O–H groups in total. The number of benzene rings is 3. The second-order valence-electron chi connectivity index (χ2n) is 12.8. The number of nitrogens with zero attached hydrogens (tertiary/aromatic N) is 5. The topological polar surface area (TPSA) is 118 Å². The molecule has 2 atom stereocenters. The van der Waals surface area contributed by atoms with Crippen molar-refractivity contribution in [3.8, 4) is 29.0 Å². The summed E-state index contributed by atoms with van der Waals surface area (Å²) in [5.41, 5.74) is 5.43. The average Bonchev–Trinajstić information content (AvgIpc) is 3.75. The molecular weight excluding hydrogens is 708 g/mol. The molecule has 9 nitrogen and oxygen atoms in total. The molecule has 4 heterocycles. The van der Waals surface area contributed by atoms with Gasteiger partial charge in [-0.15, -0.1) is 11.3 Å². The largest absolute Gasteiger partial charge is 0.461 e. The second-order valence-corrected chi connectivity index (χ2v) is 14.3. The van der Waals surface area contributed by atoms with E-state index in [4.69, 9.17) is 26.8 Å². The first kappa shape index (κ1) is 34.7. The van der Waals surface area contributed by atoms with Crippen LogP contribution in [0.25, 0.3) is 32.1 Å². The van der Waals surface area contributed by atoms with Gasteiger partial charge in [0.2, 0.25) is 0 Å². The zero-order valence-electron chi connectivity index (χ0n) is 27.3. The summed E-state index contributed by atoms with van der Waals surface area (Å²) in [7, 11) is 1.70. The van der Waals surface area contributed by atoms with Crippen molar-refractivity contribution in [3.63, 3.8) is 0 Å². The number of nitrogen functional groups attached to an aromatic ring is 1. The van der Waals surface area contributed by atoms with Crippen LogP contribution in [0.3, 0.4) is 0 Å². The third-order valence-electron chi connectivity index (χ3n) is 9.55. The minimum atomic E-state index is -0.984. The van der Waals surface area contributed by atoms with Crippen molar-refractivity contribution in [2.75, 3.05) is 43.9 Å². The number of thiophene rings is 1. The van der Waals surface area contributed by atoms with Gasteiger partial charge in [0.15, 0.2) is 5.82 Å². The predicted molar refractivity (Wildman–Crippen MR) is 187 cm³/mol. The number of ether oxygens (including phenoxy) is 2. The third-order valence-corrected chi connectivity index (χ3v) is 10.9. The fourth-order valence-electron chi connectivity index (χ4n) is 7.17. The first-order chi connectivity index (χ1) is 24.5. The molecule has 15 heteroatoms. The van der Waals surface area contributed by atoms with Gasteiger partial charge in [-0.25, -0.2) is 17.6 Å². The standard InChI is InChI=1S/C36H31ClF4N6O3S/c1-46(12-2-4-27(48)50-21-7-5-19(38)6-8-21)34-23-14-25(37)29(22-9-10-26(40)32-28(22)24(16-42)33(43)51-32)30(41)31(23)44-35(45-34)49-18-36-11-3-13-47(36)17-20(39)15-36/h5-10,14,20H,2-4,11-13,15,17-18,43H2,1H3/t20-,36+/m1/s1. The Hall–Kier alpha value is -4.71. The Balaban J connectivity index is 1.25. The third kappa shape index (κ3) is 6.50. The van der Waals surface area contributed by atoms with Gasteiger partial charge >= 0.3 is 12.0 Å². The van der Waals surface area contributed by atoms with Crippen LogP contribution in [-0.4, -0.2) is 65.8 Å². The number of anilines is 2. The Morgan fingerprint density at radius 3 is 2.76 bits per heavy atom. The molecule has 0 aliphatic carbocycles. The molecule has 0 amide bonds. The molecule has 2 fully saturated rings. The SMILES string of the molecule is CN(CCCC(=O)Oc1ccc(F)cc1)c1nc(OC[C@@]23CCCN2C[C@H](F)C3)nc2c(F)c(-c3ccc(F)c4sc(N)c(C#N)c34)c(Cl)cc12. The molecule has 0 spiro atoms. The van der Waals surface area contributed by atoms with Crippen molar-refractivity contribution in [2.45, 2.75) is 43.8 Å². The highest BCUT2D eigenvalue weighted by atomic mass is 35.5.